The summed E-state index contributed by atoms with van der Waals surface area (Å²) < 4.78 is 0. The zero-order valence-corrected chi connectivity index (χ0v) is 9.40. The molecule has 0 fully saturated rings. The highest BCUT2D eigenvalue weighted by Crippen LogP contribution is 2.27. The molecule has 0 spiro atoms. The van der Waals surface area contributed by atoms with Gasteiger partial charge < -0.3 is 0 Å². The maximum atomic E-state index is 2.34. The van der Waals surface area contributed by atoms with E-state index in [1.165, 1.54) is 38.5 Å². The van der Waals surface area contributed by atoms with Crippen LogP contribution in [0.1, 0.15) is 66.2 Å². The van der Waals surface area contributed by atoms with E-state index in [9.17, 15) is 0 Å². The lowest BCUT2D eigenvalue weighted by Gasteiger charge is -2.24. The van der Waals surface area contributed by atoms with Crippen molar-refractivity contribution < 1.29 is 0 Å². The molecule has 0 unspecified atom stereocenters. The SMILES string of the molecule is CCCC(CCC)C(CC)CC. The van der Waals surface area contributed by atoms with Crippen LogP contribution in [-0.4, -0.2) is 0 Å². The molecular weight excluding hydrogens is 144 g/mol. The van der Waals surface area contributed by atoms with Gasteiger partial charge in [0.15, 0.2) is 0 Å². The molecule has 0 rings (SSSR count). The average molecular weight is 170 g/mol. The zero-order chi connectivity index (χ0) is 9.40. The van der Waals surface area contributed by atoms with Crippen molar-refractivity contribution in [2.24, 2.45) is 11.8 Å². The standard InChI is InChI=1S/C12H26/c1-5-9-12(10-6-2)11(7-3)8-4/h11-12H,5-10H2,1-4H3. The molecule has 0 heteroatoms. The molecule has 0 amide bonds. The third kappa shape index (κ3) is 4.13. The van der Waals surface area contributed by atoms with Crippen LogP contribution < -0.4 is 0 Å². The van der Waals surface area contributed by atoms with Crippen LogP contribution >= 0.6 is 0 Å². The van der Waals surface area contributed by atoms with Crippen molar-refractivity contribution in [3.8, 4) is 0 Å². The summed E-state index contributed by atoms with van der Waals surface area (Å²) in [5.74, 6) is 2.00. The van der Waals surface area contributed by atoms with Gasteiger partial charge in [0.1, 0.15) is 0 Å². The molecule has 0 aromatic rings. The Kier molecular flexibility index (Phi) is 7.64. The third-order valence-electron chi connectivity index (χ3n) is 3.03. The fourth-order valence-electron chi connectivity index (χ4n) is 2.31. The summed E-state index contributed by atoms with van der Waals surface area (Å²) in [4.78, 5) is 0. The minimum Gasteiger partial charge on any atom is -0.0654 e. The molecule has 0 aliphatic heterocycles. The quantitative estimate of drug-likeness (QED) is 0.522. The first-order valence-corrected chi connectivity index (χ1v) is 5.79. The summed E-state index contributed by atoms with van der Waals surface area (Å²) in [7, 11) is 0. The monoisotopic (exact) mass is 170 g/mol. The van der Waals surface area contributed by atoms with Gasteiger partial charge in [0.05, 0.1) is 0 Å². The predicted octanol–water partition coefficient (Wildman–Crippen LogP) is 4.64. The lowest BCUT2D eigenvalue weighted by molar-refractivity contribution is 0.274. The smallest absolute Gasteiger partial charge is 0.0386 e. The van der Waals surface area contributed by atoms with Crippen molar-refractivity contribution in [1.29, 1.82) is 0 Å². The van der Waals surface area contributed by atoms with Gasteiger partial charge in [-0.2, -0.15) is 0 Å². The van der Waals surface area contributed by atoms with Crippen LogP contribution in [0.4, 0.5) is 0 Å². The van der Waals surface area contributed by atoms with E-state index in [4.69, 9.17) is 0 Å². The molecule has 0 aromatic heterocycles. The molecule has 0 atom stereocenters. The maximum absolute atomic E-state index is 2.34. The lowest BCUT2D eigenvalue weighted by atomic mass is 9.82. The molecule has 0 nitrogen and oxygen atoms in total. The van der Waals surface area contributed by atoms with E-state index in [2.05, 4.69) is 27.7 Å². The van der Waals surface area contributed by atoms with Crippen LogP contribution in [-0.2, 0) is 0 Å². The molecule has 0 bridgehead atoms. The molecule has 0 heterocycles. The molecule has 12 heavy (non-hydrogen) atoms. The van der Waals surface area contributed by atoms with Gasteiger partial charge in [-0.1, -0.05) is 66.2 Å². The van der Waals surface area contributed by atoms with Gasteiger partial charge in [-0.25, -0.2) is 0 Å². The van der Waals surface area contributed by atoms with Crippen molar-refractivity contribution in [3.63, 3.8) is 0 Å². The average Bonchev–Trinajstić information content (AvgIpc) is 2.07. The summed E-state index contributed by atoms with van der Waals surface area (Å²) >= 11 is 0. The van der Waals surface area contributed by atoms with Crippen molar-refractivity contribution in [2.75, 3.05) is 0 Å². The number of rotatable bonds is 7. The summed E-state index contributed by atoms with van der Waals surface area (Å²) in [6, 6.07) is 0. The fourth-order valence-corrected chi connectivity index (χ4v) is 2.31. The van der Waals surface area contributed by atoms with Gasteiger partial charge in [-0.05, 0) is 11.8 Å². The van der Waals surface area contributed by atoms with Gasteiger partial charge in [-0.15, -0.1) is 0 Å². The molecule has 0 radical (unpaired) electrons. The Morgan fingerprint density at radius 3 is 1.33 bits per heavy atom. The van der Waals surface area contributed by atoms with Gasteiger partial charge >= 0.3 is 0 Å². The summed E-state index contributed by atoms with van der Waals surface area (Å²) in [5.41, 5.74) is 0. The maximum Gasteiger partial charge on any atom is -0.0386 e. The molecular formula is C12H26. The molecule has 0 saturated heterocycles. The topological polar surface area (TPSA) is 0 Å². The Balaban J connectivity index is 3.86. The summed E-state index contributed by atoms with van der Waals surface area (Å²) in [5, 5.41) is 0. The zero-order valence-electron chi connectivity index (χ0n) is 9.40. The number of hydrogen-bond acceptors (Lipinski definition) is 0. The van der Waals surface area contributed by atoms with E-state index in [0.717, 1.165) is 11.8 Å². The van der Waals surface area contributed by atoms with Crippen LogP contribution in [0, 0.1) is 11.8 Å². The normalized spacial score (nSPS) is 11.5. The predicted molar refractivity (Wildman–Crippen MR) is 57.4 cm³/mol. The van der Waals surface area contributed by atoms with E-state index in [0.29, 0.717) is 0 Å². The third-order valence-corrected chi connectivity index (χ3v) is 3.03. The molecule has 0 aliphatic carbocycles. The molecule has 0 aliphatic rings. The molecule has 0 N–H and O–H groups in total. The first-order valence-electron chi connectivity index (χ1n) is 5.79. The van der Waals surface area contributed by atoms with E-state index in [1.54, 1.807) is 0 Å². The van der Waals surface area contributed by atoms with Crippen LogP contribution in [0.15, 0.2) is 0 Å². The highest BCUT2D eigenvalue weighted by molar-refractivity contribution is 4.67. The van der Waals surface area contributed by atoms with Gasteiger partial charge in [0.2, 0.25) is 0 Å². The second kappa shape index (κ2) is 7.64. The van der Waals surface area contributed by atoms with Gasteiger partial charge in [0.25, 0.3) is 0 Å². The van der Waals surface area contributed by atoms with Gasteiger partial charge in [-0.3, -0.25) is 0 Å². The van der Waals surface area contributed by atoms with Gasteiger partial charge in [0, 0.05) is 0 Å². The highest BCUT2D eigenvalue weighted by Gasteiger charge is 2.15. The van der Waals surface area contributed by atoms with Crippen molar-refractivity contribution in [1.82, 2.24) is 0 Å². The lowest BCUT2D eigenvalue weighted by Crippen LogP contribution is -2.13. The minimum absolute atomic E-state index is 0.991. The second-order valence-corrected chi connectivity index (χ2v) is 3.91. The second-order valence-electron chi connectivity index (χ2n) is 3.91. The van der Waals surface area contributed by atoms with Crippen LogP contribution in [0.5, 0.6) is 0 Å². The van der Waals surface area contributed by atoms with Crippen molar-refractivity contribution in [2.45, 2.75) is 66.2 Å². The summed E-state index contributed by atoms with van der Waals surface area (Å²) in [6.07, 6.45) is 8.37. The first-order chi connectivity index (χ1) is 5.79. The first kappa shape index (κ1) is 12.0. The Morgan fingerprint density at radius 2 is 1.08 bits per heavy atom. The van der Waals surface area contributed by atoms with Crippen molar-refractivity contribution >= 4 is 0 Å². The molecule has 74 valence electrons. The van der Waals surface area contributed by atoms with E-state index in [1.807, 2.05) is 0 Å². The Bertz CT molecular complexity index is 76.0. The van der Waals surface area contributed by atoms with Crippen LogP contribution in [0.25, 0.3) is 0 Å². The summed E-state index contributed by atoms with van der Waals surface area (Å²) in [6.45, 7) is 9.30. The Morgan fingerprint density at radius 1 is 0.667 bits per heavy atom. The minimum atomic E-state index is 0.991. The van der Waals surface area contributed by atoms with E-state index >= 15 is 0 Å². The number of hydrogen-bond donors (Lipinski definition) is 0. The molecule has 0 aromatic carbocycles. The Labute approximate surface area is 78.8 Å². The fraction of sp³-hybridized carbons (Fsp3) is 1.00. The Hall–Kier alpha value is 0. The highest BCUT2D eigenvalue weighted by atomic mass is 14.2. The van der Waals surface area contributed by atoms with E-state index in [-0.39, 0.29) is 0 Å². The largest absolute Gasteiger partial charge is 0.0654 e. The molecule has 0 saturated carbocycles. The van der Waals surface area contributed by atoms with E-state index < -0.39 is 0 Å². The van der Waals surface area contributed by atoms with Crippen LogP contribution in [0.2, 0.25) is 0 Å². The van der Waals surface area contributed by atoms with Crippen molar-refractivity contribution in [3.05, 3.63) is 0 Å². The van der Waals surface area contributed by atoms with Crippen LogP contribution in [0.3, 0.4) is 0 Å².